The van der Waals surface area contributed by atoms with Crippen molar-refractivity contribution in [3.8, 4) is 0 Å². The predicted molar refractivity (Wildman–Crippen MR) is 46.5 cm³/mol. The van der Waals surface area contributed by atoms with Gasteiger partial charge in [0.25, 0.3) is 0 Å². The molecule has 0 saturated heterocycles. The molecule has 1 rings (SSSR count). The Morgan fingerprint density at radius 2 is 2.38 bits per heavy atom. The minimum atomic E-state index is 0. The third kappa shape index (κ3) is 1.75. The summed E-state index contributed by atoms with van der Waals surface area (Å²) in [5, 5.41) is 1.91. The number of nitrogens with zero attached hydrogens (tertiary/aromatic N) is 1. The average Bonchev–Trinajstić information content (AvgIpc) is 1.91. The van der Waals surface area contributed by atoms with Gasteiger partial charge in [0, 0.05) is 5.38 Å². The van der Waals surface area contributed by atoms with Crippen molar-refractivity contribution < 1.29 is 0 Å². The quantitative estimate of drug-likeness (QED) is 0.724. The van der Waals surface area contributed by atoms with Gasteiger partial charge in [0.05, 0.1) is 3.57 Å². The van der Waals surface area contributed by atoms with Crippen molar-refractivity contribution in [2.75, 3.05) is 5.73 Å². The lowest BCUT2D eigenvalue weighted by atomic mass is 10.7. The monoisotopic (exact) mass is 262 g/mol. The fraction of sp³-hybridized carbons (Fsp3) is 0. The lowest BCUT2D eigenvalue weighted by molar-refractivity contribution is 1.54. The topological polar surface area (TPSA) is 38.9 Å². The summed E-state index contributed by atoms with van der Waals surface area (Å²) in [6.45, 7) is 0. The average molecular weight is 263 g/mol. The zero-order valence-corrected chi connectivity index (χ0v) is 7.59. The molecule has 0 amide bonds. The van der Waals surface area contributed by atoms with E-state index < -0.39 is 0 Å². The number of nitrogens with two attached hydrogens (primary N) is 1. The maximum atomic E-state index is 5.33. The van der Waals surface area contributed by atoms with Crippen LogP contribution < -0.4 is 5.73 Å². The minimum Gasteiger partial charge on any atom is -0.382 e. The Morgan fingerprint density at radius 1 is 1.75 bits per heavy atom. The number of aromatic nitrogens is 1. The molecule has 1 heterocycles. The maximum Gasteiger partial charge on any atom is 0.150 e. The smallest absolute Gasteiger partial charge is 0.150 e. The molecule has 0 saturated carbocycles. The van der Waals surface area contributed by atoms with E-state index in [1.807, 2.05) is 5.38 Å². The molecule has 2 N–H and O–H groups in total. The molecule has 0 aliphatic heterocycles. The number of anilines is 1. The lowest BCUT2D eigenvalue weighted by Gasteiger charge is -1.76. The summed E-state index contributed by atoms with van der Waals surface area (Å²) in [5.74, 6) is 0.644. The predicted octanol–water partition coefficient (Wildman–Crippen LogP) is 1.75. The highest BCUT2D eigenvalue weighted by Crippen LogP contribution is 2.13. The Kier molecular flexibility index (Phi) is 3.67. The van der Waals surface area contributed by atoms with Gasteiger partial charge in [0.15, 0.2) is 5.82 Å². The van der Waals surface area contributed by atoms with Gasteiger partial charge < -0.3 is 5.73 Å². The van der Waals surface area contributed by atoms with E-state index in [0.29, 0.717) is 5.82 Å². The van der Waals surface area contributed by atoms with E-state index >= 15 is 0 Å². The summed E-state index contributed by atoms with van der Waals surface area (Å²) < 4.78 is 4.87. The SMILES string of the molecule is Cl.Nc1nscc1I. The van der Waals surface area contributed by atoms with E-state index in [2.05, 4.69) is 27.0 Å². The summed E-state index contributed by atoms with van der Waals surface area (Å²) in [6.07, 6.45) is 0. The van der Waals surface area contributed by atoms with Crippen molar-refractivity contribution in [1.29, 1.82) is 0 Å². The van der Waals surface area contributed by atoms with Gasteiger partial charge >= 0.3 is 0 Å². The molecule has 1 aromatic rings. The Bertz CT molecular complexity index is 150. The van der Waals surface area contributed by atoms with Crippen LogP contribution >= 0.6 is 46.5 Å². The largest absolute Gasteiger partial charge is 0.382 e. The first-order chi connectivity index (χ1) is 3.30. The van der Waals surface area contributed by atoms with Gasteiger partial charge in [-0.15, -0.1) is 12.4 Å². The molecule has 5 heteroatoms. The van der Waals surface area contributed by atoms with Crippen molar-refractivity contribution in [2.45, 2.75) is 0 Å². The molecule has 0 bridgehead atoms. The molecular weight excluding hydrogens is 258 g/mol. The van der Waals surface area contributed by atoms with Crippen LogP contribution in [-0.2, 0) is 0 Å². The molecule has 2 nitrogen and oxygen atoms in total. The van der Waals surface area contributed by atoms with Crippen LogP contribution in [0.15, 0.2) is 5.38 Å². The standard InChI is InChI=1S/C3H3IN2S.ClH/c4-2-1-7-6-3(2)5;/h1H,(H2,5,6);1H. The van der Waals surface area contributed by atoms with E-state index in [4.69, 9.17) is 5.73 Å². The fourth-order valence-corrected chi connectivity index (χ4v) is 1.34. The molecule has 0 unspecified atom stereocenters. The number of nitrogen functional groups attached to an aromatic ring is 1. The fourth-order valence-electron chi connectivity index (χ4n) is 0.233. The Morgan fingerprint density at radius 3 is 2.50 bits per heavy atom. The van der Waals surface area contributed by atoms with E-state index in [1.54, 1.807) is 0 Å². The van der Waals surface area contributed by atoms with Crippen LogP contribution in [0.3, 0.4) is 0 Å². The summed E-state index contributed by atoms with van der Waals surface area (Å²) in [7, 11) is 0. The first-order valence-corrected chi connectivity index (χ1v) is 3.57. The second kappa shape index (κ2) is 3.47. The van der Waals surface area contributed by atoms with E-state index in [-0.39, 0.29) is 12.4 Å². The zero-order chi connectivity index (χ0) is 5.28. The van der Waals surface area contributed by atoms with Crippen molar-refractivity contribution in [2.24, 2.45) is 0 Å². The molecular formula is C3H4ClIN2S. The van der Waals surface area contributed by atoms with E-state index in [1.165, 1.54) is 11.5 Å². The van der Waals surface area contributed by atoms with E-state index in [0.717, 1.165) is 3.57 Å². The number of rotatable bonds is 0. The molecule has 0 aliphatic rings. The Hall–Kier alpha value is 0.450. The Labute approximate surface area is 71.2 Å². The van der Waals surface area contributed by atoms with Crippen molar-refractivity contribution in [3.05, 3.63) is 8.95 Å². The molecule has 0 atom stereocenters. The van der Waals surface area contributed by atoms with Crippen LogP contribution in [0.2, 0.25) is 0 Å². The van der Waals surface area contributed by atoms with Crippen LogP contribution in [0.1, 0.15) is 0 Å². The molecule has 0 spiro atoms. The number of hydrogen-bond donors (Lipinski definition) is 1. The van der Waals surface area contributed by atoms with Crippen molar-refractivity contribution in [3.63, 3.8) is 0 Å². The molecule has 0 radical (unpaired) electrons. The van der Waals surface area contributed by atoms with Crippen LogP contribution in [0.5, 0.6) is 0 Å². The summed E-state index contributed by atoms with van der Waals surface area (Å²) in [6, 6.07) is 0. The third-order valence-electron chi connectivity index (χ3n) is 0.552. The van der Waals surface area contributed by atoms with Gasteiger partial charge in [0.1, 0.15) is 0 Å². The molecule has 46 valence electrons. The normalized spacial score (nSPS) is 8.12. The van der Waals surface area contributed by atoms with Gasteiger partial charge in [0.2, 0.25) is 0 Å². The first-order valence-electron chi connectivity index (χ1n) is 1.66. The first kappa shape index (κ1) is 8.45. The highest BCUT2D eigenvalue weighted by molar-refractivity contribution is 14.1. The van der Waals surface area contributed by atoms with Gasteiger partial charge in [-0.05, 0) is 34.1 Å². The van der Waals surface area contributed by atoms with Crippen molar-refractivity contribution in [1.82, 2.24) is 4.37 Å². The van der Waals surface area contributed by atoms with Gasteiger partial charge in [-0.1, -0.05) is 0 Å². The minimum absolute atomic E-state index is 0. The third-order valence-corrected chi connectivity index (χ3v) is 2.48. The molecule has 0 aliphatic carbocycles. The van der Waals surface area contributed by atoms with Crippen molar-refractivity contribution >= 4 is 52.3 Å². The van der Waals surface area contributed by atoms with Crippen LogP contribution in [0.4, 0.5) is 5.82 Å². The summed E-state index contributed by atoms with van der Waals surface area (Å²) >= 11 is 3.53. The van der Waals surface area contributed by atoms with Gasteiger partial charge in [-0.25, -0.2) is 0 Å². The van der Waals surface area contributed by atoms with Gasteiger partial charge in [-0.3, -0.25) is 0 Å². The number of hydrogen-bond acceptors (Lipinski definition) is 3. The highest BCUT2D eigenvalue weighted by atomic mass is 127. The summed E-state index contributed by atoms with van der Waals surface area (Å²) in [4.78, 5) is 0. The van der Waals surface area contributed by atoms with E-state index in [9.17, 15) is 0 Å². The second-order valence-corrected chi connectivity index (χ2v) is 2.84. The Balaban J connectivity index is 0.000000490. The van der Waals surface area contributed by atoms with Crippen LogP contribution in [0.25, 0.3) is 0 Å². The van der Waals surface area contributed by atoms with Crippen LogP contribution in [-0.4, -0.2) is 4.37 Å². The van der Waals surface area contributed by atoms with Crippen LogP contribution in [0, 0.1) is 3.57 Å². The lowest BCUT2D eigenvalue weighted by Crippen LogP contribution is -1.83. The molecule has 8 heavy (non-hydrogen) atoms. The van der Waals surface area contributed by atoms with Gasteiger partial charge in [-0.2, -0.15) is 4.37 Å². The zero-order valence-electron chi connectivity index (χ0n) is 3.80. The molecule has 0 fully saturated rings. The maximum absolute atomic E-state index is 5.33. The highest BCUT2D eigenvalue weighted by Gasteiger charge is 1.92. The number of halogens is 2. The second-order valence-electron chi connectivity index (χ2n) is 1.05. The molecule has 1 aromatic heterocycles. The molecule has 0 aromatic carbocycles. The summed E-state index contributed by atoms with van der Waals surface area (Å²) in [5.41, 5.74) is 5.33.